The summed E-state index contributed by atoms with van der Waals surface area (Å²) in [7, 11) is 0. The van der Waals surface area contributed by atoms with Crippen molar-refractivity contribution in [3.8, 4) is 0 Å². The first-order chi connectivity index (χ1) is 11.8. The molecule has 2 atom stereocenters. The SMILES string of the molecule is CCN1C2CCC1CC(OC(c1ccccc1)c1ccccc1)C2. The second-order valence-electron chi connectivity index (χ2n) is 7.15. The molecule has 0 amide bonds. The minimum Gasteiger partial charge on any atom is -0.365 e. The third-order valence-corrected chi connectivity index (χ3v) is 5.74. The highest BCUT2D eigenvalue weighted by Gasteiger charge is 2.40. The van der Waals surface area contributed by atoms with E-state index >= 15 is 0 Å². The molecule has 0 radical (unpaired) electrons. The Kier molecular flexibility index (Phi) is 4.68. The third-order valence-electron chi connectivity index (χ3n) is 5.74. The topological polar surface area (TPSA) is 12.5 Å². The molecule has 0 saturated carbocycles. The van der Waals surface area contributed by atoms with Crippen LogP contribution in [0.25, 0.3) is 0 Å². The lowest BCUT2D eigenvalue weighted by molar-refractivity contribution is -0.0470. The summed E-state index contributed by atoms with van der Waals surface area (Å²) in [5.41, 5.74) is 2.52. The van der Waals surface area contributed by atoms with Gasteiger partial charge in [0.15, 0.2) is 0 Å². The van der Waals surface area contributed by atoms with Gasteiger partial charge in [-0.1, -0.05) is 67.6 Å². The first-order valence-corrected chi connectivity index (χ1v) is 9.36. The van der Waals surface area contributed by atoms with E-state index in [0.29, 0.717) is 6.10 Å². The van der Waals surface area contributed by atoms with Crippen LogP contribution >= 0.6 is 0 Å². The molecule has 2 aromatic rings. The zero-order valence-electron chi connectivity index (χ0n) is 14.5. The van der Waals surface area contributed by atoms with Crippen LogP contribution in [0.15, 0.2) is 60.7 Å². The Morgan fingerprint density at radius 1 is 0.875 bits per heavy atom. The van der Waals surface area contributed by atoms with Gasteiger partial charge >= 0.3 is 0 Å². The number of hydrogen-bond acceptors (Lipinski definition) is 2. The molecular formula is C22H27NO. The van der Waals surface area contributed by atoms with E-state index in [1.165, 1.54) is 43.4 Å². The first kappa shape index (κ1) is 15.9. The van der Waals surface area contributed by atoms with Crippen LogP contribution in [-0.4, -0.2) is 29.6 Å². The van der Waals surface area contributed by atoms with Crippen molar-refractivity contribution < 1.29 is 4.74 Å². The third kappa shape index (κ3) is 3.13. The number of fused-ring (bicyclic) bond motifs is 2. The van der Waals surface area contributed by atoms with Crippen molar-refractivity contribution in [2.75, 3.05) is 6.54 Å². The van der Waals surface area contributed by atoms with Crippen LogP contribution in [0.2, 0.25) is 0 Å². The molecule has 2 fully saturated rings. The smallest absolute Gasteiger partial charge is 0.108 e. The molecular weight excluding hydrogens is 294 g/mol. The molecule has 4 rings (SSSR count). The molecule has 2 aromatic carbocycles. The van der Waals surface area contributed by atoms with Crippen molar-refractivity contribution in [2.24, 2.45) is 0 Å². The molecule has 2 aliphatic rings. The molecule has 0 aliphatic carbocycles. The summed E-state index contributed by atoms with van der Waals surface area (Å²) in [4.78, 5) is 2.69. The Labute approximate surface area is 145 Å². The lowest BCUT2D eigenvalue weighted by Gasteiger charge is -2.39. The van der Waals surface area contributed by atoms with Crippen molar-refractivity contribution in [2.45, 2.75) is 56.9 Å². The lowest BCUT2D eigenvalue weighted by atomic mass is 9.97. The van der Waals surface area contributed by atoms with E-state index in [1.54, 1.807) is 0 Å². The molecule has 0 aromatic heterocycles. The monoisotopic (exact) mass is 321 g/mol. The van der Waals surface area contributed by atoms with Gasteiger partial charge in [0.2, 0.25) is 0 Å². The molecule has 2 bridgehead atoms. The molecule has 2 heteroatoms. The van der Waals surface area contributed by atoms with Gasteiger partial charge in [-0.05, 0) is 43.4 Å². The van der Waals surface area contributed by atoms with Crippen molar-refractivity contribution in [1.82, 2.24) is 4.90 Å². The van der Waals surface area contributed by atoms with Gasteiger partial charge < -0.3 is 4.74 Å². The number of rotatable bonds is 5. The van der Waals surface area contributed by atoms with Crippen LogP contribution in [0.4, 0.5) is 0 Å². The van der Waals surface area contributed by atoms with Gasteiger partial charge in [-0.15, -0.1) is 0 Å². The molecule has 24 heavy (non-hydrogen) atoms. The highest BCUT2D eigenvalue weighted by Crippen LogP contribution is 2.39. The molecule has 2 nitrogen and oxygen atoms in total. The Bertz CT molecular complexity index is 588. The van der Waals surface area contributed by atoms with Crippen molar-refractivity contribution in [3.63, 3.8) is 0 Å². The van der Waals surface area contributed by atoms with Crippen LogP contribution in [0, 0.1) is 0 Å². The summed E-state index contributed by atoms with van der Waals surface area (Å²) < 4.78 is 6.71. The molecule has 0 N–H and O–H groups in total. The predicted molar refractivity (Wildman–Crippen MR) is 98.0 cm³/mol. The van der Waals surface area contributed by atoms with Crippen LogP contribution in [0.3, 0.4) is 0 Å². The Morgan fingerprint density at radius 2 is 1.38 bits per heavy atom. The number of hydrogen-bond donors (Lipinski definition) is 0. The maximum atomic E-state index is 6.71. The highest BCUT2D eigenvalue weighted by atomic mass is 16.5. The lowest BCUT2D eigenvalue weighted by Crippen LogP contribution is -2.45. The fourth-order valence-corrected chi connectivity index (χ4v) is 4.65. The summed E-state index contributed by atoms with van der Waals surface area (Å²) in [6.07, 6.45) is 5.47. The van der Waals surface area contributed by atoms with Gasteiger partial charge in [0.25, 0.3) is 0 Å². The average Bonchev–Trinajstić information content (AvgIpc) is 2.90. The second-order valence-corrected chi connectivity index (χ2v) is 7.15. The van der Waals surface area contributed by atoms with E-state index in [-0.39, 0.29) is 6.10 Å². The number of nitrogens with zero attached hydrogens (tertiary/aromatic N) is 1. The summed E-state index contributed by atoms with van der Waals surface area (Å²) in [5.74, 6) is 0. The van der Waals surface area contributed by atoms with Crippen LogP contribution < -0.4 is 0 Å². The van der Waals surface area contributed by atoms with Crippen molar-refractivity contribution in [3.05, 3.63) is 71.8 Å². The van der Waals surface area contributed by atoms with E-state index in [9.17, 15) is 0 Å². The molecule has 126 valence electrons. The largest absolute Gasteiger partial charge is 0.365 e. The van der Waals surface area contributed by atoms with Crippen molar-refractivity contribution >= 4 is 0 Å². The average molecular weight is 321 g/mol. The molecule has 2 aliphatic heterocycles. The summed E-state index contributed by atoms with van der Waals surface area (Å²) >= 11 is 0. The van der Waals surface area contributed by atoms with Gasteiger partial charge in [0.1, 0.15) is 6.10 Å². The molecule has 0 spiro atoms. The van der Waals surface area contributed by atoms with Gasteiger partial charge in [-0.2, -0.15) is 0 Å². The van der Waals surface area contributed by atoms with Crippen LogP contribution in [0.1, 0.15) is 49.8 Å². The fraction of sp³-hybridized carbons (Fsp3) is 0.455. The zero-order chi connectivity index (χ0) is 16.4. The Balaban J connectivity index is 1.55. The fourth-order valence-electron chi connectivity index (χ4n) is 4.65. The highest BCUT2D eigenvalue weighted by molar-refractivity contribution is 5.30. The van der Waals surface area contributed by atoms with E-state index < -0.39 is 0 Å². The number of piperidine rings is 1. The summed E-state index contributed by atoms with van der Waals surface area (Å²) in [6.45, 7) is 3.48. The number of ether oxygens (including phenoxy) is 1. The number of benzene rings is 2. The summed E-state index contributed by atoms with van der Waals surface area (Å²) in [5, 5.41) is 0. The second kappa shape index (κ2) is 7.08. The standard InChI is InChI=1S/C22H27NO/c1-2-23-19-13-14-20(23)16-21(15-19)24-22(17-9-5-3-6-10-17)18-11-7-4-8-12-18/h3-12,19-22H,2,13-16H2,1H3. The minimum absolute atomic E-state index is 0.0463. The maximum Gasteiger partial charge on any atom is 0.108 e. The van der Waals surface area contributed by atoms with E-state index in [0.717, 1.165) is 12.1 Å². The van der Waals surface area contributed by atoms with Gasteiger partial charge in [0.05, 0.1) is 6.10 Å². The minimum atomic E-state index is 0.0463. The van der Waals surface area contributed by atoms with Crippen LogP contribution in [0.5, 0.6) is 0 Å². The van der Waals surface area contributed by atoms with Gasteiger partial charge in [-0.25, -0.2) is 0 Å². The van der Waals surface area contributed by atoms with Crippen molar-refractivity contribution in [1.29, 1.82) is 0 Å². The predicted octanol–water partition coefficient (Wildman–Crippen LogP) is 4.81. The van der Waals surface area contributed by atoms with Gasteiger partial charge in [0, 0.05) is 12.1 Å². The Hall–Kier alpha value is -1.64. The van der Waals surface area contributed by atoms with Crippen LogP contribution in [-0.2, 0) is 4.74 Å². The zero-order valence-corrected chi connectivity index (χ0v) is 14.5. The first-order valence-electron chi connectivity index (χ1n) is 9.36. The Morgan fingerprint density at radius 3 is 1.83 bits per heavy atom. The quantitative estimate of drug-likeness (QED) is 0.784. The molecule has 2 saturated heterocycles. The summed E-state index contributed by atoms with van der Waals surface area (Å²) in [6, 6.07) is 22.8. The molecule has 2 heterocycles. The normalized spacial score (nSPS) is 26.8. The molecule has 2 unspecified atom stereocenters. The van der Waals surface area contributed by atoms with Gasteiger partial charge in [-0.3, -0.25) is 4.90 Å². The van der Waals surface area contributed by atoms with E-state index in [2.05, 4.69) is 72.5 Å². The van der Waals surface area contributed by atoms with E-state index in [4.69, 9.17) is 4.74 Å². The maximum absolute atomic E-state index is 6.71. The van der Waals surface area contributed by atoms with E-state index in [1.807, 2.05) is 0 Å².